The summed E-state index contributed by atoms with van der Waals surface area (Å²) < 4.78 is 42.4. The molecule has 0 aliphatic rings. The van der Waals surface area contributed by atoms with Crippen molar-refractivity contribution in [3.63, 3.8) is 0 Å². The standard InChI is InChI=1S/C9H7F3N4O2/c1-5-6(13-4-18-5)2-16-3-7(14-15-16)8(17)9(10,11)12/h3-4H,2H2,1H3. The topological polar surface area (TPSA) is 73.8 Å². The molecule has 2 rings (SSSR count). The lowest BCUT2D eigenvalue weighted by Crippen LogP contribution is -2.23. The Kier molecular flexibility index (Phi) is 2.89. The third kappa shape index (κ3) is 2.39. The first-order valence-electron chi connectivity index (χ1n) is 4.78. The molecular formula is C9H7F3N4O2. The van der Waals surface area contributed by atoms with Gasteiger partial charge in [0.05, 0.1) is 12.7 Å². The van der Waals surface area contributed by atoms with Crippen LogP contribution in [0.2, 0.25) is 0 Å². The number of ketones is 1. The van der Waals surface area contributed by atoms with Gasteiger partial charge in [0.1, 0.15) is 11.5 Å². The third-order valence-corrected chi connectivity index (χ3v) is 2.18. The highest BCUT2D eigenvalue weighted by atomic mass is 19.4. The highest BCUT2D eigenvalue weighted by Gasteiger charge is 2.41. The number of alkyl halides is 3. The van der Waals surface area contributed by atoms with E-state index in [1.54, 1.807) is 6.92 Å². The van der Waals surface area contributed by atoms with Crippen LogP contribution in [0.4, 0.5) is 13.2 Å². The molecule has 0 amide bonds. The van der Waals surface area contributed by atoms with E-state index in [2.05, 4.69) is 15.3 Å². The van der Waals surface area contributed by atoms with Crippen molar-refractivity contribution in [1.29, 1.82) is 0 Å². The van der Waals surface area contributed by atoms with E-state index < -0.39 is 17.7 Å². The number of carbonyl (C=O) groups excluding carboxylic acids is 1. The minimum atomic E-state index is -4.95. The lowest BCUT2D eigenvalue weighted by atomic mass is 10.3. The van der Waals surface area contributed by atoms with Gasteiger partial charge in [-0.25, -0.2) is 9.67 Å². The lowest BCUT2D eigenvalue weighted by molar-refractivity contribution is -0.0888. The molecule has 96 valence electrons. The Morgan fingerprint density at radius 3 is 2.78 bits per heavy atom. The van der Waals surface area contributed by atoms with Gasteiger partial charge in [-0.05, 0) is 6.92 Å². The van der Waals surface area contributed by atoms with E-state index in [0.717, 1.165) is 10.9 Å². The normalized spacial score (nSPS) is 11.8. The average molecular weight is 260 g/mol. The Morgan fingerprint density at radius 2 is 2.22 bits per heavy atom. The first kappa shape index (κ1) is 12.3. The number of carbonyl (C=O) groups is 1. The number of Topliss-reactive ketones (excluding diaryl/α,β-unsaturated/α-hetero) is 1. The summed E-state index contributed by atoms with van der Waals surface area (Å²) in [4.78, 5) is 14.7. The molecule has 0 fully saturated rings. The molecule has 0 N–H and O–H groups in total. The fourth-order valence-electron chi connectivity index (χ4n) is 1.26. The van der Waals surface area contributed by atoms with Crippen LogP contribution in [0.15, 0.2) is 17.0 Å². The van der Waals surface area contributed by atoms with Crippen LogP contribution in [-0.4, -0.2) is 31.9 Å². The number of halogens is 3. The van der Waals surface area contributed by atoms with Crippen LogP contribution >= 0.6 is 0 Å². The van der Waals surface area contributed by atoms with Crippen molar-refractivity contribution >= 4 is 5.78 Å². The Balaban J connectivity index is 2.17. The number of rotatable bonds is 3. The molecule has 2 aromatic heterocycles. The predicted octanol–water partition coefficient (Wildman–Crippen LogP) is 1.37. The van der Waals surface area contributed by atoms with Gasteiger partial charge in [0.25, 0.3) is 5.78 Å². The fourth-order valence-corrected chi connectivity index (χ4v) is 1.26. The summed E-state index contributed by atoms with van der Waals surface area (Å²) in [5.74, 6) is -1.50. The monoisotopic (exact) mass is 260 g/mol. The van der Waals surface area contributed by atoms with Crippen molar-refractivity contribution in [3.8, 4) is 0 Å². The first-order chi connectivity index (χ1) is 8.38. The smallest absolute Gasteiger partial charge is 0.448 e. The SMILES string of the molecule is Cc1ocnc1Cn1cc(C(=O)C(F)(F)F)nn1. The number of hydrogen-bond acceptors (Lipinski definition) is 5. The maximum Gasteiger partial charge on any atom is 0.456 e. The maximum absolute atomic E-state index is 12.1. The van der Waals surface area contributed by atoms with Gasteiger partial charge in [0.15, 0.2) is 12.1 Å². The second-order valence-electron chi connectivity index (χ2n) is 3.48. The fraction of sp³-hybridized carbons (Fsp3) is 0.333. The molecule has 0 spiro atoms. The minimum absolute atomic E-state index is 0.0838. The summed E-state index contributed by atoms with van der Waals surface area (Å²) in [6.07, 6.45) is -2.82. The van der Waals surface area contributed by atoms with E-state index in [1.165, 1.54) is 6.39 Å². The molecule has 2 aromatic rings. The van der Waals surface area contributed by atoms with Crippen molar-refractivity contribution in [3.05, 3.63) is 29.7 Å². The van der Waals surface area contributed by atoms with E-state index in [-0.39, 0.29) is 6.54 Å². The van der Waals surface area contributed by atoms with Gasteiger partial charge >= 0.3 is 6.18 Å². The number of hydrogen-bond donors (Lipinski definition) is 0. The molecule has 0 aromatic carbocycles. The zero-order chi connectivity index (χ0) is 13.3. The molecule has 6 nitrogen and oxygen atoms in total. The second-order valence-corrected chi connectivity index (χ2v) is 3.48. The summed E-state index contributed by atoms with van der Waals surface area (Å²) in [7, 11) is 0. The summed E-state index contributed by atoms with van der Waals surface area (Å²) >= 11 is 0. The van der Waals surface area contributed by atoms with Crippen molar-refractivity contribution in [2.24, 2.45) is 0 Å². The Hall–Kier alpha value is -2.19. The van der Waals surface area contributed by atoms with Crippen LogP contribution in [0.25, 0.3) is 0 Å². The van der Waals surface area contributed by atoms with Crippen molar-refractivity contribution in [1.82, 2.24) is 20.0 Å². The number of nitrogens with zero attached hydrogens (tertiary/aromatic N) is 4. The van der Waals surface area contributed by atoms with Gasteiger partial charge in [-0.1, -0.05) is 5.21 Å². The van der Waals surface area contributed by atoms with Gasteiger partial charge < -0.3 is 4.42 Å². The summed E-state index contributed by atoms with van der Waals surface area (Å²) in [6, 6.07) is 0. The van der Waals surface area contributed by atoms with E-state index in [9.17, 15) is 18.0 Å². The van der Waals surface area contributed by atoms with Crippen LogP contribution in [0, 0.1) is 6.92 Å². The van der Waals surface area contributed by atoms with Crippen LogP contribution in [0.5, 0.6) is 0 Å². The van der Waals surface area contributed by atoms with E-state index in [1.807, 2.05) is 0 Å². The Morgan fingerprint density at radius 1 is 1.50 bits per heavy atom. The van der Waals surface area contributed by atoms with Crippen LogP contribution in [0.1, 0.15) is 21.9 Å². The molecular weight excluding hydrogens is 253 g/mol. The van der Waals surface area contributed by atoms with Gasteiger partial charge in [0, 0.05) is 0 Å². The minimum Gasteiger partial charge on any atom is -0.448 e. The van der Waals surface area contributed by atoms with Crippen LogP contribution < -0.4 is 0 Å². The molecule has 0 aliphatic heterocycles. The maximum atomic E-state index is 12.1. The highest BCUT2D eigenvalue weighted by Crippen LogP contribution is 2.20. The molecule has 2 heterocycles. The molecule has 0 bridgehead atoms. The van der Waals surface area contributed by atoms with Gasteiger partial charge in [-0.2, -0.15) is 13.2 Å². The largest absolute Gasteiger partial charge is 0.456 e. The van der Waals surface area contributed by atoms with Crippen molar-refractivity contribution in [2.75, 3.05) is 0 Å². The Labute approximate surface area is 98.4 Å². The third-order valence-electron chi connectivity index (χ3n) is 2.18. The zero-order valence-corrected chi connectivity index (χ0v) is 9.10. The molecule has 0 aliphatic carbocycles. The zero-order valence-electron chi connectivity index (χ0n) is 9.10. The summed E-state index contributed by atoms with van der Waals surface area (Å²) in [6.45, 7) is 1.74. The van der Waals surface area contributed by atoms with Gasteiger partial charge in [-0.15, -0.1) is 5.10 Å². The quantitative estimate of drug-likeness (QED) is 0.779. The summed E-state index contributed by atoms with van der Waals surface area (Å²) in [5.41, 5.74) is -0.241. The molecule has 9 heteroatoms. The lowest BCUT2D eigenvalue weighted by Gasteiger charge is -2.00. The van der Waals surface area contributed by atoms with Gasteiger partial charge in [-0.3, -0.25) is 4.79 Å². The molecule has 0 atom stereocenters. The van der Waals surface area contributed by atoms with Crippen molar-refractivity contribution < 1.29 is 22.4 Å². The van der Waals surface area contributed by atoms with Crippen LogP contribution in [-0.2, 0) is 6.54 Å². The van der Waals surface area contributed by atoms with E-state index in [0.29, 0.717) is 11.5 Å². The Bertz CT molecular complexity index is 572. The molecule has 0 saturated heterocycles. The highest BCUT2D eigenvalue weighted by molar-refractivity contribution is 5.98. The number of aryl methyl sites for hydroxylation is 1. The first-order valence-corrected chi connectivity index (χ1v) is 4.78. The molecule has 18 heavy (non-hydrogen) atoms. The predicted molar refractivity (Wildman–Crippen MR) is 50.7 cm³/mol. The second kappa shape index (κ2) is 4.24. The molecule has 0 unspecified atom stereocenters. The van der Waals surface area contributed by atoms with Crippen LogP contribution in [0.3, 0.4) is 0 Å². The molecule has 0 saturated carbocycles. The van der Waals surface area contributed by atoms with E-state index in [4.69, 9.17) is 4.42 Å². The van der Waals surface area contributed by atoms with Gasteiger partial charge in [0.2, 0.25) is 0 Å². The van der Waals surface area contributed by atoms with Crippen molar-refractivity contribution in [2.45, 2.75) is 19.6 Å². The van der Waals surface area contributed by atoms with E-state index >= 15 is 0 Å². The summed E-state index contributed by atoms with van der Waals surface area (Å²) in [5, 5.41) is 6.61. The number of aromatic nitrogens is 4. The number of oxazole rings is 1. The molecule has 0 radical (unpaired) electrons. The average Bonchev–Trinajstić information content (AvgIpc) is 2.87.